The van der Waals surface area contributed by atoms with Crippen LogP contribution in [0.15, 0.2) is 12.3 Å². The molecule has 0 aromatic carbocycles. The molecule has 0 radical (unpaired) electrons. The number of unbranched alkanes of at least 4 members (excludes halogenated alkanes) is 12. The number of carbonyl (C=O) groups excluding carboxylic acids is 1. The van der Waals surface area contributed by atoms with Crippen LogP contribution in [-0.2, 0) is 27.9 Å². The minimum Gasteiger partial charge on any atom is -0.498 e. The third-order valence-electron chi connectivity index (χ3n) is 5.47. The highest BCUT2D eigenvalue weighted by molar-refractivity contribution is 7.47. The maximum Gasteiger partial charge on any atom is 0.472 e. The molecule has 0 bridgehead atoms. The predicted octanol–water partition coefficient (Wildman–Crippen LogP) is 6.38. The fraction of sp³-hybridized carbons (Fsp3) is 0.885. The second-order valence-electron chi connectivity index (χ2n) is 10.2. The Kier molecular flexibility index (Phi) is 20.6. The first-order valence-electron chi connectivity index (χ1n) is 13.4. The maximum atomic E-state index is 12.0. The van der Waals surface area contributed by atoms with Crippen molar-refractivity contribution in [2.45, 2.75) is 103 Å². The highest BCUT2D eigenvalue weighted by atomic mass is 31.2. The van der Waals surface area contributed by atoms with Gasteiger partial charge in [0.25, 0.3) is 0 Å². The van der Waals surface area contributed by atoms with Gasteiger partial charge >= 0.3 is 13.8 Å². The molecule has 0 saturated heterocycles. The number of allylic oxidation sites excluding steroid dienone is 1. The smallest absolute Gasteiger partial charge is 0.472 e. The van der Waals surface area contributed by atoms with Gasteiger partial charge in [-0.1, -0.05) is 77.6 Å². The Morgan fingerprint density at radius 1 is 0.886 bits per heavy atom. The van der Waals surface area contributed by atoms with Gasteiger partial charge in [-0.25, -0.2) is 4.57 Å². The summed E-state index contributed by atoms with van der Waals surface area (Å²) in [5.41, 5.74) is 0. The number of quaternary nitrogens is 1. The van der Waals surface area contributed by atoms with Crippen molar-refractivity contribution in [3.63, 3.8) is 0 Å². The number of hydrogen-bond acceptors (Lipinski definition) is 6. The van der Waals surface area contributed by atoms with Gasteiger partial charge < -0.3 is 18.9 Å². The maximum absolute atomic E-state index is 12.0. The fourth-order valence-corrected chi connectivity index (χ4v) is 4.14. The third kappa shape index (κ3) is 26.0. The standard InChI is InChI=1S/C26H52NO7P/c1-6-7-8-9-10-11-12-13-14-15-16-17-18-19-21-31-23-26(34-25(2)28)24-33-35(29,30)32-22-20-27(3,4)5/h19,21,26H,6-18,20,22-24H2,1-5H3/p+1/b21-19-/t26-/m1/s1. The SMILES string of the molecule is CCCCCCCCCCCCCC/C=C\OC[C@H](COP(=O)(O)OCC[N+](C)(C)C)OC(C)=O. The van der Waals surface area contributed by atoms with Crippen LogP contribution in [0, 0.1) is 0 Å². The number of phosphoric ester groups is 1. The molecule has 1 unspecified atom stereocenters. The number of phosphoric acid groups is 1. The number of nitrogens with zero attached hydrogens (tertiary/aromatic N) is 1. The summed E-state index contributed by atoms with van der Waals surface area (Å²) in [7, 11) is 1.62. The van der Waals surface area contributed by atoms with E-state index in [0.717, 1.165) is 12.8 Å². The summed E-state index contributed by atoms with van der Waals surface area (Å²) in [6.07, 6.45) is 19.5. The average Bonchev–Trinajstić information content (AvgIpc) is 2.75. The Morgan fingerprint density at radius 2 is 1.43 bits per heavy atom. The van der Waals surface area contributed by atoms with Gasteiger partial charge in [0.2, 0.25) is 0 Å². The number of rotatable bonds is 24. The molecule has 1 N–H and O–H groups in total. The molecule has 0 aromatic rings. The van der Waals surface area contributed by atoms with Crippen molar-refractivity contribution < 1.29 is 37.3 Å². The van der Waals surface area contributed by atoms with E-state index >= 15 is 0 Å². The first-order valence-corrected chi connectivity index (χ1v) is 14.9. The number of ether oxygens (including phenoxy) is 2. The lowest BCUT2D eigenvalue weighted by Gasteiger charge is -2.24. The van der Waals surface area contributed by atoms with Gasteiger partial charge in [-0.05, 0) is 18.9 Å². The molecular weight excluding hydrogens is 469 g/mol. The Hall–Kier alpha value is -0.920. The lowest BCUT2D eigenvalue weighted by atomic mass is 10.0. The highest BCUT2D eigenvalue weighted by Gasteiger charge is 2.25. The molecule has 9 heteroatoms. The molecule has 35 heavy (non-hydrogen) atoms. The normalized spacial score (nSPS) is 14.7. The van der Waals surface area contributed by atoms with Crippen molar-refractivity contribution in [3.8, 4) is 0 Å². The predicted molar refractivity (Wildman–Crippen MR) is 141 cm³/mol. The van der Waals surface area contributed by atoms with E-state index in [4.69, 9.17) is 18.5 Å². The van der Waals surface area contributed by atoms with E-state index in [1.54, 1.807) is 6.26 Å². The summed E-state index contributed by atoms with van der Waals surface area (Å²) >= 11 is 0. The quantitative estimate of drug-likeness (QED) is 0.0517. The molecule has 0 rings (SSSR count). The fourth-order valence-electron chi connectivity index (χ4n) is 3.40. The van der Waals surface area contributed by atoms with Crippen LogP contribution < -0.4 is 0 Å². The number of hydrogen-bond donors (Lipinski definition) is 1. The topological polar surface area (TPSA) is 91.3 Å². The van der Waals surface area contributed by atoms with Gasteiger partial charge in [-0.3, -0.25) is 13.8 Å². The van der Waals surface area contributed by atoms with Gasteiger partial charge in [0, 0.05) is 6.92 Å². The second-order valence-corrected chi connectivity index (χ2v) is 11.7. The van der Waals surface area contributed by atoms with Crippen molar-refractivity contribution in [2.75, 3.05) is 47.5 Å². The largest absolute Gasteiger partial charge is 0.498 e. The average molecular weight is 523 g/mol. The van der Waals surface area contributed by atoms with Crippen LogP contribution in [0.1, 0.15) is 97.3 Å². The lowest BCUT2D eigenvalue weighted by Crippen LogP contribution is -2.37. The van der Waals surface area contributed by atoms with Crippen LogP contribution in [0.2, 0.25) is 0 Å². The zero-order chi connectivity index (χ0) is 26.4. The highest BCUT2D eigenvalue weighted by Crippen LogP contribution is 2.43. The van der Waals surface area contributed by atoms with Crippen LogP contribution in [0.5, 0.6) is 0 Å². The number of carbonyl (C=O) groups is 1. The van der Waals surface area contributed by atoms with Gasteiger partial charge in [0.05, 0.1) is 34.0 Å². The van der Waals surface area contributed by atoms with Crippen molar-refractivity contribution >= 4 is 13.8 Å². The molecule has 0 aliphatic carbocycles. The first kappa shape index (κ1) is 34.1. The summed E-state index contributed by atoms with van der Waals surface area (Å²) < 4.78 is 33.1. The molecular formula is C26H53NO7P+. The molecule has 0 aliphatic heterocycles. The van der Waals surface area contributed by atoms with E-state index in [-0.39, 0.29) is 19.8 Å². The zero-order valence-corrected chi connectivity index (χ0v) is 23.9. The number of esters is 1. The van der Waals surface area contributed by atoms with Crippen LogP contribution in [0.4, 0.5) is 0 Å². The summed E-state index contributed by atoms with van der Waals surface area (Å²) in [5, 5.41) is 0. The van der Waals surface area contributed by atoms with E-state index in [0.29, 0.717) is 11.0 Å². The van der Waals surface area contributed by atoms with Gasteiger partial charge in [0.15, 0.2) is 6.10 Å². The van der Waals surface area contributed by atoms with E-state index < -0.39 is 19.9 Å². The number of likely N-dealkylation sites (N-methyl/N-ethyl adjacent to an activating group) is 1. The summed E-state index contributed by atoms with van der Waals surface area (Å²) in [6, 6.07) is 0. The third-order valence-corrected chi connectivity index (χ3v) is 6.46. The van der Waals surface area contributed by atoms with E-state index in [2.05, 4.69) is 6.92 Å². The van der Waals surface area contributed by atoms with Crippen molar-refractivity contribution in [1.29, 1.82) is 0 Å². The van der Waals surface area contributed by atoms with Crippen molar-refractivity contribution in [3.05, 3.63) is 12.3 Å². The van der Waals surface area contributed by atoms with Crippen LogP contribution in [0.3, 0.4) is 0 Å². The Morgan fingerprint density at radius 3 is 1.94 bits per heavy atom. The van der Waals surface area contributed by atoms with Gasteiger partial charge in [0.1, 0.15) is 19.8 Å². The van der Waals surface area contributed by atoms with Crippen LogP contribution in [-0.4, -0.2) is 69.0 Å². The molecule has 0 aromatic heterocycles. The summed E-state index contributed by atoms with van der Waals surface area (Å²) in [4.78, 5) is 21.1. The van der Waals surface area contributed by atoms with E-state index in [1.165, 1.54) is 77.6 Å². The minimum atomic E-state index is -4.23. The monoisotopic (exact) mass is 522 g/mol. The molecule has 2 atom stereocenters. The molecule has 0 fully saturated rings. The van der Waals surface area contributed by atoms with Gasteiger partial charge in [-0.15, -0.1) is 0 Å². The summed E-state index contributed by atoms with van der Waals surface area (Å²) in [5.74, 6) is -0.513. The Bertz CT molecular complexity index is 593. The molecule has 0 spiro atoms. The van der Waals surface area contributed by atoms with Gasteiger partial charge in [-0.2, -0.15) is 0 Å². The lowest BCUT2D eigenvalue weighted by molar-refractivity contribution is -0.870. The first-order chi connectivity index (χ1) is 16.6. The molecule has 208 valence electrons. The van der Waals surface area contributed by atoms with Crippen molar-refractivity contribution in [2.24, 2.45) is 0 Å². The minimum absolute atomic E-state index is 0.0351. The van der Waals surface area contributed by atoms with E-state index in [9.17, 15) is 14.3 Å². The molecule has 0 aliphatic rings. The second kappa shape index (κ2) is 21.2. The Balaban J connectivity index is 3.89. The van der Waals surface area contributed by atoms with Crippen LogP contribution in [0.25, 0.3) is 0 Å². The zero-order valence-electron chi connectivity index (χ0n) is 23.0. The molecule has 0 heterocycles. The van der Waals surface area contributed by atoms with Crippen molar-refractivity contribution in [1.82, 2.24) is 0 Å². The van der Waals surface area contributed by atoms with Crippen LogP contribution >= 0.6 is 7.82 Å². The van der Waals surface area contributed by atoms with E-state index in [1.807, 2.05) is 27.2 Å². The molecule has 0 amide bonds. The molecule has 8 nitrogen and oxygen atoms in total. The Labute approximate surface area is 214 Å². The molecule has 0 saturated carbocycles. The summed E-state index contributed by atoms with van der Waals surface area (Å²) in [6.45, 7) is 3.90.